The first-order valence-electron chi connectivity index (χ1n) is 4.54. The third kappa shape index (κ3) is 1.29. The Hall–Kier alpha value is -1.70. The van der Waals surface area contributed by atoms with E-state index in [4.69, 9.17) is 0 Å². The fraction of sp³-hybridized carbons (Fsp3) is 0.167. The topological polar surface area (TPSA) is 30.0 Å². The van der Waals surface area contributed by atoms with Crippen molar-refractivity contribution in [2.75, 3.05) is 0 Å². The first kappa shape index (κ1) is 8.88. The second-order valence-electron chi connectivity index (χ2n) is 3.42. The largest absolute Gasteiger partial charge is 0.298 e. The smallest absolute Gasteiger partial charge is 0.150 e. The summed E-state index contributed by atoms with van der Waals surface area (Å²) in [6.45, 7) is 3.91. The lowest BCUT2D eigenvalue weighted by atomic mass is 10.0. The molecular formula is C12H11NO. The SMILES string of the molecule is Cc1ccc2c(C)c(C=O)ccc2n1. The number of nitrogens with zero attached hydrogens (tertiary/aromatic N) is 1. The molecule has 0 bridgehead atoms. The monoisotopic (exact) mass is 185 g/mol. The van der Waals surface area contributed by atoms with E-state index >= 15 is 0 Å². The van der Waals surface area contributed by atoms with E-state index in [1.807, 2.05) is 38.1 Å². The van der Waals surface area contributed by atoms with Crippen LogP contribution in [0.3, 0.4) is 0 Å². The number of hydrogen-bond acceptors (Lipinski definition) is 2. The van der Waals surface area contributed by atoms with E-state index in [1.165, 1.54) is 0 Å². The molecule has 2 aromatic rings. The van der Waals surface area contributed by atoms with Gasteiger partial charge in [-0.05, 0) is 37.6 Å². The molecule has 0 atom stereocenters. The van der Waals surface area contributed by atoms with Crippen molar-refractivity contribution in [1.82, 2.24) is 4.98 Å². The van der Waals surface area contributed by atoms with Gasteiger partial charge in [0.25, 0.3) is 0 Å². The number of aldehydes is 1. The van der Waals surface area contributed by atoms with Gasteiger partial charge in [0, 0.05) is 16.6 Å². The molecule has 0 aliphatic rings. The summed E-state index contributed by atoms with van der Waals surface area (Å²) in [7, 11) is 0. The van der Waals surface area contributed by atoms with Crippen molar-refractivity contribution < 1.29 is 4.79 Å². The van der Waals surface area contributed by atoms with Gasteiger partial charge in [0.1, 0.15) is 6.29 Å². The fourth-order valence-corrected chi connectivity index (χ4v) is 1.60. The number of fused-ring (bicyclic) bond motifs is 1. The highest BCUT2D eigenvalue weighted by Crippen LogP contribution is 2.19. The van der Waals surface area contributed by atoms with Gasteiger partial charge in [-0.1, -0.05) is 6.07 Å². The molecule has 0 aliphatic heterocycles. The van der Waals surface area contributed by atoms with Crippen LogP contribution in [0.25, 0.3) is 10.9 Å². The van der Waals surface area contributed by atoms with Gasteiger partial charge in [-0.15, -0.1) is 0 Å². The summed E-state index contributed by atoms with van der Waals surface area (Å²) in [4.78, 5) is 15.1. The average Bonchev–Trinajstić information content (AvgIpc) is 2.18. The van der Waals surface area contributed by atoms with Gasteiger partial charge in [0.05, 0.1) is 5.52 Å². The Bertz CT molecular complexity index is 503. The molecule has 1 heterocycles. The number of hydrogen-bond donors (Lipinski definition) is 0. The van der Waals surface area contributed by atoms with Crippen LogP contribution in [0.15, 0.2) is 24.3 Å². The van der Waals surface area contributed by atoms with Crippen molar-refractivity contribution in [1.29, 1.82) is 0 Å². The first-order chi connectivity index (χ1) is 6.72. The molecule has 2 nitrogen and oxygen atoms in total. The van der Waals surface area contributed by atoms with Crippen LogP contribution in [0.5, 0.6) is 0 Å². The minimum absolute atomic E-state index is 0.739. The van der Waals surface area contributed by atoms with Crippen molar-refractivity contribution in [3.63, 3.8) is 0 Å². The number of benzene rings is 1. The maximum absolute atomic E-state index is 10.7. The van der Waals surface area contributed by atoms with Gasteiger partial charge in [0.15, 0.2) is 0 Å². The standard InChI is InChI=1S/C12H11NO/c1-8-3-5-11-9(2)10(7-14)4-6-12(11)13-8/h3-7H,1-2H3. The maximum atomic E-state index is 10.7. The zero-order valence-corrected chi connectivity index (χ0v) is 8.24. The van der Waals surface area contributed by atoms with Crippen LogP contribution < -0.4 is 0 Å². The maximum Gasteiger partial charge on any atom is 0.150 e. The number of aromatic nitrogens is 1. The summed E-state index contributed by atoms with van der Waals surface area (Å²) >= 11 is 0. The normalized spacial score (nSPS) is 10.4. The predicted octanol–water partition coefficient (Wildman–Crippen LogP) is 2.66. The van der Waals surface area contributed by atoms with Crippen molar-refractivity contribution in [2.45, 2.75) is 13.8 Å². The third-order valence-electron chi connectivity index (χ3n) is 2.45. The molecule has 1 aromatic heterocycles. The Morgan fingerprint density at radius 2 is 1.93 bits per heavy atom. The summed E-state index contributed by atoms with van der Waals surface area (Å²) in [5.74, 6) is 0. The Labute approximate surface area is 82.6 Å². The van der Waals surface area contributed by atoms with E-state index in [2.05, 4.69) is 4.98 Å². The van der Waals surface area contributed by atoms with E-state index in [0.29, 0.717) is 0 Å². The van der Waals surface area contributed by atoms with Gasteiger partial charge in [-0.3, -0.25) is 9.78 Å². The van der Waals surface area contributed by atoms with Crippen LogP contribution in [-0.2, 0) is 0 Å². The summed E-state index contributed by atoms with van der Waals surface area (Å²) in [5, 5.41) is 1.06. The molecule has 0 radical (unpaired) electrons. The van der Waals surface area contributed by atoms with Crippen LogP contribution in [-0.4, -0.2) is 11.3 Å². The van der Waals surface area contributed by atoms with E-state index < -0.39 is 0 Å². The molecule has 0 spiro atoms. The Morgan fingerprint density at radius 1 is 1.14 bits per heavy atom. The lowest BCUT2D eigenvalue weighted by Gasteiger charge is -2.04. The second-order valence-corrected chi connectivity index (χ2v) is 3.42. The zero-order chi connectivity index (χ0) is 10.1. The molecule has 14 heavy (non-hydrogen) atoms. The number of rotatable bonds is 1. The number of aryl methyl sites for hydroxylation is 2. The number of carbonyl (C=O) groups excluding carboxylic acids is 1. The highest BCUT2D eigenvalue weighted by atomic mass is 16.1. The Morgan fingerprint density at radius 3 is 2.64 bits per heavy atom. The quantitative estimate of drug-likeness (QED) is 0.639. The number of carbonyl (C=O) groups is 1. The zero-order valence-electron chi connectivity index (χ0n) is 8.24. The second kappa shape index (κ2) is 3.22. The fourth-order valence-electron chi connectivity index (χ4n) is 1.60. The summed E-state index contributed by atoms with van der Waals surface area (Å²) < 4.78 is 0. The van der Waals surface area contributed by atoms with Crippen LogP contribution in [0.2, 0.25) is 0 Å². The van der Waals surface area contributed by atoms with Gasteiger partial charge in [0.2, 0.25) is 0 Å². The summed E-state index contributed by atoms with van der Waals surface area (Å²) in [6.07, 6.45) is 0.884. The summed E-state index contributed by atoms with van der Waals surface area (Å²) in [6, 6.07) is 7.68. The number of pyridine rings is 1. The molecule has 0 unspecified atom stereocenters. The lowest BCUT2D eigenvalue weighted by Crippen LogP contribution is -1.90. The molecule has 70 valence electrons. The van der Waals surface area contributed by atoms with Crippen LogP contribution >= 0.6 is 0 Å². The van der Waals surface area contributed by atoms with E-state index in [0.717, 1.165) is 34.0 Å². The molecule has 2 rings (SSSR count). The predicted molar refractivity (Wildman–Crippen MR) is 56.6 cm³/mol. The van der Waals surface area contributed by atoms with Gasteiger partial charge in [-0.25, -0.2) is 0 Å². The molecule has 0 aliphatic carbocycles. The lowest BCUT2D eigenvalue weighted by molar-refractivity contribution is 0.112. The van der Waals surface area contributed by atoms with Crippen LogP contribution in [0, 0.1) is 13.8 Å². The van der Waals surface area contributed by atoms with Gasteiger partial charge < -0.3 is 0 Å². The van der Waals surface area contributed by atoms with Gasteiger partial charge >= 0.3 is 0 Å². The molecule has 0 saturated carbocycles. The van der Waals surface area contributed by atoms with Crippen molar-refractivity contribution in [3.05, 3.63) is 41.1 Å². The molecule has 1 aromatic carbocycles. The molecule has 0 N–H and O–H groups in total. The van der Waals surface area contributed by atoms with Crippen molar-refractivity contribution in [3.8, 4) is 0 Å². The minimum atomic E-state index is 0.739. The van der Waals surface area contributed by atoms with E-state index in [1.54, 1.807) is 0 Å². The highest BCUT2D eigenvalue weighted by molar-refractivity contribution is 5.90. The third-order valence-corrected chi connectivity index (χ3v) is 2.45. The van der Waals surface area contributed by atoms with Crippen LogP contribution in [0.4, 0.5) is 0 Å². The van der Waals surface area contributed by atoms with E-state index in [9.17, 15) is 4.79 Å². The Balaban J connectivity index is 2.83. The molecule has 0 fully saturated rings. The molecular weight excluding hydrogens is 174 g/mol. The van der Waals surface area contributed by atoms with Crippen molar-refractivity contribution in [2.24, 2.45) is 0 Å². The summed E-state index contributed by atoms with van der Waals surface area (Å²) in [5.41, 5.74) is 3.69. The molecule has 2 heteroatoms. The van der Waals surface area contributed by atoms with E-state index in [-0.39, 0.29) is 0 Å². The molecule has 0 saturated heterocycles. The van der Waals surface area contributed by atoms with Crippen LogP contribution in [0.1, 0.15) is 21.6 Å². The van der Waals surface area contributed by atoms with Gasteiger partial charge in [-0.2, -0.15) is 0 Å². The Kier molecular flexibility index (Phi) is 2.04. The highest BCUT2D eigenvalue weighted by Gasteiger charge is 2.03. The average molecular weight is 185 g/mol. The first-order valence-corrected chi connectivity index (χ1v) is 4.54. The van der Waals surface area contributed by atoms with Crippen molar-refractivity contribution >= 4 is 17.2 Å². The minimum Gasteiger partial charge on any atom is -0.298 e. The molecule has 0 amide bonds.